The number of halogens is 2. The van der Waals surface area contributed by atoms with E-state index in [9.17, 15) is 18.4 Å². The summed E-state index contributed by atoms with van der Waals surface area (Å²) in [6.45, 7) is 1.85. The number of esters is 1. The molecule has 0 aliphatic heterocycles. The van der Waals surface area contributed by atoms with Gasteiger partial charge in [-0.05, 0) is 31.2 Å². The van der Waals surface area contributed by atoms with Gasteiger partial charge >= 0.3 is 5.97 Å². The molecule has 0 spiro atoms. The van der Waals surface area contributed by atoms with Crippen LogP contribution in [0.5, 0.6) is 0 Å². The fraction of sp³-hybridized carbons (Fsp3) is 0.125. The van der Waals surface area contributed by atoms with Gasteiger partial charge in [-0.3, -0.25) is 4.79 Å². The van der Waals surface area contributed by atoms with E-state index in [1.54, 1.807) is 19.1 Å². The Morgan fingerprint density at radius 2 is 1.82 bits per heavy atom. The molecule has 2 aromatic rings. The lowest BCUT2D eigenvalue weighted by atomic mass is 10.1. The highest BCUT2D eigenvalue weighted by Crippen LogP contribution is 2.18. The Kier molecular flexibility index (Phi) is 4.83. The number of carbonyl (C=O) groups excluding carboxylic acids is 2. The third-order valence-corrected chi connectivity index (χ3v) is 2.85. The maximum Gasteiger partial charge on any atom is 0.340 e. The SMILES string of the molecule is CCOC(=O)c1ccccc1NC(=O)c1ccc(F)cc1F. The fourth-order valence-electron chi connectivity index (χ4n) is 1.84. The Balaban J connectivity index is 2.27. The molecule has 2 rings (SSSR count). The predicted octanol–water partition coefficient (Wildman–Crippen LogP) is 3.39. The van der Waals surface area contributed by atoms with Gasteiger partial charge in [0.2, 0.25) is 0 Å². The maximum absolute atomic E-state index is 13.6. The molecule has 0 saturated heterocycles. The van der Waals surface area contributed by atoms with Gasteiger partial charge in [0.15, 0.2) is 0 Å². The average Bonchev–Trinajstić information content (AvgIpc) is 2.47. The minimum atomic E-state index is -0.980. The van der Waals surface area contributed by atoms with Crippen molar-refractivity contribution in [3.8, 4) is 0 Å². The van der Waals surface area contributed by atoms with Crippen LogP contribution in [0.1, 0.15) is 27.6 Å². The molecule has 0 bridgehead atoms. The number of hydrogen-bond acceptors (Lipinski definition) is 3. The predicted molar refractivity (Wildman–Crippen MR) is 76.7 cm³/mol. The molecule has 0 radical (unpaired) electrons. The Morgan fingerprint density at radius 3 is 2.50 bits per heavy atom. The monoisotopic (exact) mass is 305 g/mol. The Labute approximate surface area is 125 Å². The molecular formula is C16H13F2NO3. The van der Waals surface area contributed by atoms with Gasteiger partial charge in [0.25, 0.3) is 5.91 Å². The van der Waals surface area contributed by atoms with Gasteiger partial charge < -0.3 is 10.1 Å². The van der Waals surface area contributed by atoms with Gasteiger partial charge in [0, 0.05) is 6.07 Å². The second-order valence-corrected chi connectivity index (χ2v) is 4.34. The smallest absolute Gasteiger partial charge is 0.340 e. The van der Waals surface area contributed by atoms with Crippen LogP contribution in [0, 0.1) is 11.6 Å². The number of rotatable bonds is 4. The second-order valence-electron chi connectivity index (χ2n) is 4.34. The molecule has 4 nitrogen and oxygen atoms in total. The summed E-state index contributed by atoms with van der Waals surface area (Å²) in [5, 5.41) is 2.42. The molecule has 0 heterocycles. The largest absolute Gasteiger partial charge is 0.462 e. The van der Waals surface area contributed by atoms with Crippen molar-refractivity contribution >= 4 is 17.6 Å². The number of hydrogen-bond donors (Lipinski definition) is 1. The van der Waals surface area contributed by atoms with Crippen molar-refractivity contribution in [1.29, 1.82) is 0 Å². The van der Waals surface area contributed by atoms with Crippen LogP contribution in [-0.2, 0) is 4.74 Å². The molecule has 0 aliphatic carbocycles. The molecule has 1 amide bonds. The summed E-state index contributed by atoms with van der Waals surface area (Å²) in [6, 6.07) is 8.83. The molecule has 0 fully saturated rings. The molecule has 0 aromatic heterocycles. The van der Waals surface area contributed by atoms with Crippen LogP contribution >= 0.6 is 0 Å². The van der Waals surface area contributed by atoms with E-state index in [1.165, 1.54) is 12.1 Å². The first-order valence-electron chi connectivity index (χ1n) is 6.55. The zero-order valence-corrected chi connectivity index (χ0v) is 11.7. The number of ether oxygens (including phenoxy) is 1. The molecule has 1 N–H and O–H groups in total. The number of carbonyl (C=O) groups is 2. The Bertz CT molecular complexity index is 716. The van der Waals surface area contributed by atoms with Crippen molar-refractivity contribution in [1.82, 2.24) is 0 Å². The Morgan fingerprint density at radius 1 is 1.09 bits per heavy atom. The van der Waals surface area contributed by atoms with Crippen molar-refractivity contribution in [3.63, 3.8) is 0 Å². The zero-order valence-electron chi connectivity index (χ0n) is 11.7. The van der Waals surface area contributed by atoms with E-state index in [1.807, 2.05) is 0 Å². The van der Waals surface area contributed by atoms with Crippen molar-refractivity contribution in [2.75, 3.05) is 11.9 Å². The van der Waals surface area contributed by atoms with Gasteiger partial charge in [0.05, 0.1) is 23.4 Å². The third-order valence-electron chi connectivity index (χ3n) is 2.85. The van der Waals surface area contributed by atoms with Crippen LogP contribution in [0.4, 0.5) is 14.5 Å². The van der Waals surface area contributed by atoms with Crippen molar-refractivity contribution in [2.24, 2.45) is 0 Å². The van der Waals surface area contributed by atoms with Crippen LogP contribution in [0.2, 0.25) is 0 Å². The van der Waals surface area contributed by atoms with E-state index >= 15 is 0 Å². The van der Waals surface area contributed by atoms with E-state index in [4.69, 9.17) is 4.74 Å². The zero-order chi connectivity index (χ0) is 16.1. The molecule has 114 valence electrons. The number of benzene rings is 2. The van der Waals surface area contributed by atoms with Crippen LogP contribution in [0.25, 0.3) is 0 Å². The van der Waals surface area contributed by atoms with Crippen LogP contribution in [-0.4, -0.2) is 18.5 Å². The van der Waals surface area contributed by atoms with E-state index in [-0.39, 0.29) is 23.4 Å². The first-order valence-corrected chi connectivity index (χ1v) is 6.55. The lowest BCUT2D eigenvalue weighted by Gasteiger charge is -2.10. The fourth-order valence-corrected chi connectivity index (χ4v) is 1.84. The summed E-state index contributed by atoms with van der Waals surface area (Å²) in [6.07, 6.45) is 0. The van der Waals surface area contributed by atoms with Gasteiger partial charge in [-0.15, -0.1) is 0 Å². The molecule has 0 unspecified atom stereocenters. The van der Waals surface area contributed by atoms with Gasteiger partial charge in [-0.25, -0.2) is 13.6 Å². The minimum absolute atomic E-state index is 0.153. The quantitative estimate of drug-likeness (QED) is 0.881. The van der Waals surface area contributed by atoms with Crippen LogP contribution < -0.4 is 5.32 Å². The number of nitrogens with one attached hydrogen (secondary N) is 1. The molecule has 2 aromatic carbocycles. The molecule has 0 saturated carbocycles. The molecule has 0 atom stereocenters. The number of para-hydroxylation sites is 1. The maximum atomic E-state index is 13.6. The molecular weight excluding hydrogens is 292 g/mol. The first kappa shape index (κ1) is 15.6. The van der Waals surface area contributed by atoms with Gasteiger partial charge in [-0.1, -0.05) is 12.1 Å². The molecule has 22 heavy (non-hydrogen) atoms. The van der Waals surface area contributed by atoms with Crippen molar-refractivity contribution in [2.45, 2.75) is 6.92 Å². The van der Waals surface area contributed by atoms with E-state index in [2.05, 4.69) is 5.32 Å². The minimum Gasteiger partial charge on any atom is -0.462 e. The summed E-state index contributed by atoms with van der Waals surface area (Å²) in [5.41, 5.74) is 0.0231. The number of anilines is 1. The van der Waals surface area contributed by atoms with Crippen LogP contribution in [0.15, 0.2) is 42.5 Å². The first-order chi connectivity index (χ1) is 10.5. The molecule has 6 heteroatoms. The van der Waals surface area contributed by atoms with Crippen LogP contribution in [0.3, 0.4) is 0 Å². The number of amides is 1. The second kappa shape index (κ2) is 6.80. The van der Waals surface area contributed by atoms with Crippen molar-refractivity contribution in [3.05, 3.63) is 65.2 Å². The highest BCUT2D eigenvalue weighted by Gasteiger charge is 2.17. The summed E-state index contributed by atoms with van der Waals surface area (Å²) in [4.78, 5) is 23.9. The lowest BCUT2D eigenvalue weighted by Crippen LogP contribution is -2.17. The Hall–Kier alpha value is -2.76. The lowest BCUT2D eigenvalue weighted by molar-refractivity contribution is 0.0527. The summed E-state index contributed by atoms with van der Waals surface area (Å²) >= 11 is 0. The van der Waals surface area contributed by atoms with Gasteiger partial charge in [-0.2, -0.15) is 0 Å². The van der Waals surface area contributed by atoms with Gasteiger partial charge in [0.1, 0.15) is 11.6 Å². The standard InChI is InChI=1S/C16H13F2NO3/c1-2-22-16(21)12-5-3-4-6-14(12)19-15(20)11-8-7-10(17)9-13(11)18/h3-9H,2H2,1H3,(H,19,20). The van der Waals surface area contributed by atoms with E-state index in [0.29, 0.717) is 6.07 Å². The van der Waals surface area contributed by atoms with E-state index < -0.39 is 23.5 Å². The normalized spacial score (nSPS) is 10.1. The highest BCUT2D eigenvalue weighted by atomic mass is 19.1. The summed E-state index contributed by atoms with van der Waals surface area (Å²) < 4.78 is 31.3. The topological polar surface area (TPSA) is 55.4 Å². The molecule has 0 aliphatic rings. The highest BCUT2D eigenvalue weighted by molar-refractivity contribution is 6.08. The summed E-state index contributed by atoms with van der Waals surface area (Å²) in [7, 11) is 0. The van der Waals surface area contributed by atoms with E-state index in [0.717, 1.165) is 12.1 Å². The van der Waals surface area contributed by atoms with Crippen molar-refractivity contribution < 1.29 is 23.1 Å². The average molecular weight is 305 g/mol. The third kappa shape index (κ3) is 3.46. The summed E-state index contributed by atoms with van der Waals surface area (Å²) in [5.74, 6) is -3.14.